The summed E-state index contributed by atoms with van der Waals surface area (Å²) < 4.78 is 7.32. The number of aldehydes is 1. The Morgan fingerprint density at radius 2 is 2.62 bits per heavy atom. The van der Waals surface area contributed by atoms with Gasteiger partial charge in [-0.3, -0.25) is 4.79 Å². The molecule has 70 valence electrons. The SMILES string of the molecule is CC1OCCC1n1cncc1C=O. The lowest BCUT2D eigenvalue weighted by molar-refractivity contribution is 0.104. The van der Waals surface area contributed by atoms with Crippen LogP contribution in [0, 0.1) is 0 Å². The van der Waals surface area contributed by atoms with Crippen molar-refractivity contribution in [3.05, 3.63) is 18.2 Å². The van der Waals surface area contributed by atoms with E-state index in [1.165, 1.54) is 0 Å². The standard InChI is InChI=1S/C9H12N2O2/c1-7-9(2-3-13-7)11-6-10-4-8(11)5-12/h4-7,9H,2-3H2,1H3. The van der Waals surface area contributed by atoms with E-state index in [2.05, 4.69) is 4.98 Å². The predicted molar refractivity (Wildman–Crippen MR) is 46.7 cm³/mol. The van der Waals surface area contributed by atoms with E-state index in [0.717, 1.165) is 19.3 Å². The van der Waals surface area contributed by atoms with Crippen molar-refractivity contribution >= 4 is 6.29 Å². The van der Waals surface area contributed by atoms with Crippen LogP contribution >= 0.6 is 0 Å². The Balaban J connectivity index is 2.28. The van der Waals surface area contributed by atoms with Crippen LogP contribution in [0.4, 0.5) is 0 Å². The van der Waals surface area contributed by atoms with Gasteiger partial charge in [-0.2, -0.15) is 0 Å². The fraction of sp³-hybridized carbons (Fsp3) is 0.556. The molecule has 1 saturated heterocycles. The van der Waals surface area contributed by atoms with Crippen molar-refractivity contribution in [1.82, 2.24) is 9.55 Å². The summed E-state index contributed by atoms with van der Waals surface area (Å²) in [6.45, 7) is 2.79. The maximum absolute atomic E-state index is 10.7. The first-order chi connectivity index (χ1) is 6.33. The van der Waals surface area contributed by atoms with Gasteiger partial charge < -0.3 is 9.30 Å². The molecule has 1 aromatic heterocycles. The van der Waals surface area contributed by atoms with E-state index in [0.29, 0.717) is 5.69 Å². The number of carbonyl (C=O) groups is 1. The fourth-order valence-electron chi connectivity index (χ4n) is 1.77. The van der Waals surface area contributed by atoms with Gasteiger partial charge in [-0.25, -0.2) is 4.98 Å². The number of ether oxygens (including phenoxy) is 1. The highest BCUT2D eigenvalue weighted by atomic mass is 16.5. The van der Waals surface area contributed by atoms with E-state index in [1.54, 1.807) is 12.5 Å². The van der Waals surface area contributed by atoms with Crippen LogP contribution in [0.1, 0.15) is 29.9 Å². The number of hydrogen-bond acceptors (Lipinski definition) is 3. The van der Waals surface area contributed by atoms with Crippen molar-refractivity contribution in [2.75, 3.05) is 6.61 Å². The average molecular weight is 180 g/mol. The topological polar surface area (TPSA) is 44.1 Å². The summed E-state index contributed by atoms with van der Waals surface area (Å²) >= 11 is 0. The molecule has 2 atom stereocenters. The molecule has 2 unspecified atom stereocenters. The molecular formula is C9H12N2O2. The Morgan fingerprint density at radius 3 is 3.23 bits per heavy atom. The highest BCUT2D eigenvalue weighted by Gasteiger charge is 2.26. The van der Waals surface area contributed by atoms with E-state index in [9.17, 15) is 4.79 Å². The van der Waals surface area contributed by atoms with Crippen LogP contribution in [0.2, 0.25) is 0 Å². The van der Waals surface area contributed by atoms with E-state index in [-0.39, 0.29) is 12.1 Å². The Bertz CT molecular complexity index is 308. The van der Waals surface area contributed by atoms with Gasteiger partial charge in [0.05, 0.1) is 24.7 Å². The molecular weight excluding hydrogens is 168 g/mol. The van der Waals surface area contributed by atoms with Gasteiger partial charge in [-0.15, -0.1) is 0 Å². The lowest BCUT2D eigenvalue weighted by Gasteiger charge is -2.16. The molecule has 1 aliphatic rings. The first-order valence-corrected chi connectivity index (χ1v) is 4.41. The smallest absolute Gasteiger partial charge is 0.168 e. The monoisotopic (exact) mass is 180 g/mol. The van der Waals surface area contributed by atoms with Crippen molar-refractivity contribution in [1.29, 1.82) is 0 Å². The molecule has 0 saturated carbocycles. The molecule has 0 bridgehead atoms. The second-order valence-electron chi connectivity index (χ2n) is 3.28. The molecule has 1 aliphatic heterocycles. The van der Waals surface area contributed by atoms with E-state index in [4.69, 9.17) is 4.74 Å². The molecule has 2 rings (SSSR count). The van der Waals surface area contributed by atoms with Crippen molar-refractivity contribution in [2.24, 2.45) is 0 Å². The summed E-state index contributed by atoms with van der Waals surface area (Å²) in [4.78, 5) is 14.6. The van der Waals surface area contributed by atoms with Gasteiger partial charge in [-0.1, -0.05) is 0 Å². The number of hydrogen-bond donors (Lipinski definition) is 0. The normalized spacial score (nSPS) is 27.8. The van der Waals surface area contributed by atoms with E-state index >= 15 is 0 Å². The van der Waals surface area contributed by atoms with Crippen molar-refractivity contribution in [2.45, 2.75) is 25.5 Å². The van der Waals surface area contributed by atoms with Crippen LogP contribution < -0.4 is 0 Å². The van der Waals surface area contributed by atoms with Gasteiger partial charge in [0.15, 0.2) is 6.29 Å². The second kappa shape index (κ2) is 3.30. The summed E-state index contributed by atoms with van der Waals surface area (Å²) in [5.74, 6) is 0. The first kappa shape index (κ1) is 8.44. The van der Waals surface area contributed by atoms with Gasteiger partial charge in [0.25, 0.3) is 0 Å². The van der Waals surface area contributed by atoms with Crippen molar-refractivity contribution in [3.8, 4) is 0 Å². The van der Waals surface area contributed by atoms with Crippen molar-refractivity contribution in [3.63, 3.8) is 0 Å². The quantitative estimate of drug-likeness (QED) is 0.639. The lowest BCUT2D eigenvalue weighted by atomic mass is 10.1. The lowest BCUT2D eigenvalue weighted by Crippen LogP contribution is -2.17. The van der Waals surface area contributed by atoms with Gasteiger partial charge >= 0.3 is 0 Å². The average Bonchev–Trinajstić information content (AvgIpc) is 2.71. The fourth-order valence-corrected chi connectivity index (χ4v) is 1.77. The summed E-state index contributed by atoms with van der Waals surface area (Å²) in [7, 11) is 0. The second-order valence-corrected chi connectivity index (χ2v) is 3.28. The highest BCUT2D eigenvalue weighted by molar-refractivity contribution is 5.71. The molecule has 1 fully saturated rings. The van der Waals surface area contributed by atoms with Crippen LogP contribution in [0.25, 0.3) is 0 Å². The highest BCUT2D eigenvalue weighted by Crippen LogP contribution is 2.26. The summed E-state index contributed by atoms with van der Waals surface area (Å²) in [6, 6.07) is 0.266. The van der Waals surface area contributed by atoms with Gasteiger partial charge in [0, 0.05) is 6.61 Å². The zero-order valence-electron chi connectivity index (χ0n) is 7.51. The van der Waals surface area contributed by atoms with E-state index in [1.807, 2.05) is 11.5 Å². The maximum Gasteiger partial charge on any atom is 0.168 e. The minimum atomic E-state index is 0.174. The number of carbonyl (C=O) groups excluding carboxylic acids is 1. The van der Waals surface area contributed by atoms with Crippen molar-refractivity contribution < 1.29 is 9.53 Å². The molecule has 0 aromatic carbocycles. The molecule has 1 aromatic rings. The first-order valence-electron chi connectivity index (χ1n) is 4.41. The maximum atomic E-state index is 10.7. The number of rotatable bonds is 2. The number of nitrogens with zero attached hydrogens (tertiary/aromatic N) is 2. The Hall–Kier alpha value is -1.16. The third-order valence-electron chi connectivity index (χ3n) is 2.51. The predicted octanol–water partition coefficient (Wildman–Crippen LogP) is 1.05. The van der Waals surface area contributed by atoms with Crippen LogP contribution in [0.3, 0.4) is 0 Å². The zero-order chi connectivity index (χ0) is 9.26. The molecule has 4 heteroatoms. The summed E-state index contributed by atoms with van der Waals surface area (Å²) in [6.07, 6.45) is 5.24. The van der Waals surface area contributed by atoms with Crippen LogP contribution in [-0.4, -0.2) is 28.5 Å². The van der Waals surface area contributed by atoms with Crippen LogP contribution in [0.5, 0.6) is 0 Å². The molecule has 0 spiro atoms. The number of aromatic nitrogens is 2. The summed E-state index contributed by atoms with van der Waals surface area (Å²) in [5.41, 5.74) is 0.627. The molecule has 13 heavy (non-hydrogen) atoms. The zero-order valence-corrected chi connectivity index (χ0v) is 7.51. The Kier molecular flexibility index (Phi) is 2.14. The molecule has 0 amide bonds. The third-order valence-corrected chi connectivity index (χ3v) is 2.51. The Labute approximate surface area is 76.5 Å². The minimum Gasteiger partial charge on any atom is -0.376 e. The third kappa shape index (κ3) is 1.37. The molecule has 0 aliphatic carbocycles. The van der Waals surface area contributed by atoms with Gasteiger partial charge in [0.1, 0.15) is 5.69 Å². The molecule has 0 N–H and O–H groups in total. The summed E-state index contributed by atoms with van der Waals surface area (Å²) in [5, 5.41) is 0. The Morgan fingerprint density at radius 1 is 1.77 bits per heavy atom. The minimum absolute atomic E-state index is 0.174. The molecule has 0 radical (unpaired) electrons. The largest absolute Gasteiger partial charge is 0.376 e. The van der Waals surface area contributed by atoms with Crippen LogP contribution in [-0.2, 0) is 4.74 Å². The van der Waals surface area contributed by atoms with Gasteiger partial charge in [0.2, 0.25) is 0 Å². The van der Waals surface area contributed by atoms with Gasteiger partial charge in [-0.05, 0) is 13.3 Å². The van der Waals surface area contributed by atoms with E-state index < -0.39 is 0 Å². The number of imidazole rings is 1. The van der Waals surface area contributed by atoms with Crippen LogP contribution in [0.15, 0.2) is 12.5 Å². The molecule has 2 heterocycles. The molecule has 4 nitrogen and oxygen atoms in total.